The molecule has 0 saturated heterocycles. The number of carbonyl (C=O) groups is 2. The minimum absolute atomic E-state index is 0.0740. The zero-order chi connectivity index (χ0) is 19.2. The third-order valence-corrected chi connectivity index (χ3v) is 5.09. The van der Waals surface area contributed by atoms with Crippen molar-refractivity contribution < 1.29 is 22.8 Å². The molecule has 140 valence electrons. The fourth-order valence-corrected chi connectivity index (χ4v) is 3.40. The molecule has 2 aliphatic rings. The van der Waals surface area contributed by atoms with E-state index in [9.17, 15) is 22.8 Å². The van der Waals surface area contributed by atoms with Gasteiger partial charge in [0.2, 0.25) is 0 Å². The van der Waals surface area contributed by atoms with Gasteiger partial charge in [-0.3, -0.25) is 9.69 Å². The summed E-state index contributed by atoms with van der Waals surface area (Å²) >= 11 is 0. The van der Waals surface area contributed by atoms with E-state index in [0.29, 0.717) is 12.1 Å². The van der Waals surface area contributed by atoms with Crippen molar-refractivity contribution in [1.29, 1.82) is 0 Å². The maximum atomic E-state index is 13.4. The molecule has 2 atom stereocenters. The second kappa shape index (κ2) is 6.34. The summed E-state index contributed by atoms with van der Waals surface area (Å²) < 4.78 is 40.3. The monoisotopic (exact) mass is 367 g/mol. The Balaban J connectivity index is 2.12. The summed E-state index contributed by atoms with van der Waals surface area (Å²) in [6, 6.07) is 3.32. The summed E-state index contributed by atoms with van der Waals surface area (Å²) in [4.78, 5) is 28.2. The first-order chi connectivity index (χ1) is 12.2. The number of carbonyl (C=O) groups excluding carboxylic acids is 2. The highest BCUT2D eigenvalue weighted by Gasteiger charge is 2.46. The Morgan fingerprint density at radius 3 is 2.54 bits per heavy atom. The van der Waals surface area contributed by atoms with Crippen LogP contribution in [-0.4, -0.2) is 41.4 Å². The van der Waals surface area contributed by atoms with Gasteiger partial charge < -0.3 is 10.2 Å². The molecule has 26 heavy (non-hydrogen) atoms. The van der Waals surface area contributed by atoms with Crippen LogP contribution in [0.4, 0.5) is 18.0 Å². The number of alkyl halides is 3. The summed E-state index contributed by atoms with van der Waals surface area (Å²) in [7, 11) is 1.52. The van der Waals surface area contributed by atoms with Gasteiger partial charge in [0.15, 0.2) is 0 Å². The van der Waals surface area contributed by atoms with Crippen LogP contribution in [0.2, 0.25) is 0 Å². The maximum Gasteiger partial charge on any atom is 0.416 e. The Morgan fingerprint density at radius 1 is 1.27 bits per heavy atom. The number of halogens is 3. The lowest BCUT2D eigenvalue weighted by molar-refractivity contribution is -0.138. The van der Waals surface area contributed by atoms with Crippen molar-refractivity contribution in [1.82, 2.24) is 15.1 Å². The second-order valence-electron chi connectivity index (χ2n) is 6.58. The van der Waals surface area contributed by atoms with Crippen molar-refractivity contribution in [3.05, 3.63) is 46.7 Å². The van der Waals surface area contributed by atoms with E-state index < -0.39 is 23.8 Å². The number of benzene rings is 1. The van der Waals surface area contributed by atoms with Gasteiger partial charge >= 0.3 is 12.2 Å². The smallest absolute Gasteiger partial charge is 0.330 e. The summed E-state index contributed by atoms with van der Waals surface area (Å²) in [5.74, 6) is -0.330. The fraction of sp³-hybridized carbons (Fsp3) is 0.444. The third kappa shape index (κ3) is 2.83. The number of hydrogen-bond acceptors (Lipinski definition) is 2. The molecule has 0 bridgehead atoms. The van der Waals surface area contributed by atoms with Gasteiger partial charge in [0.1, 0.15) is 0 Å². The second-order valence-corrected chi connectivity index (χ2v) is 6.58. The largest absolute Gasteiger partial charge is 0.416 e. The molecule has 1 aromatic carbocycles. The fourth-order valence-electron chi connectivity index (χ4n) is 3.40. The quantitative estimate of drug-likeness (QED) is 0.891. The van der Waals surface area contributed by atoms with Crippen LogP contribution in [0, 0.1) is 0 Å². The van der Waals surface area contributed by atoms with Crippen molar-refractivity contribution in [3.63, 3.8) is 0 Å². The number of nitrogens with one attached hydrogen (secondary N) is 1. The first-order valence-electron chi connectivity index (χ1n) is 8.41. The molecule has 2 aliphatic heterocycles. The average molecular weight is 367 g/mol. The highest BCUT2D eigenvalue weighted by Crippen LogP contribution is 2.41. The molecule has 0 fully saturated rings. The van der Waals surface area contributed by atoms with Crippen molar-refractivity contribution in [2.45, 2.75) is 38.5 Å². The molecule has 2 heterocycles. The minimum Gasteiger partial charge on any atom is -0.330 e. The van der Waals surface area contributed by atoms with Crippen LogP contribution in [0.3, 0.4) is 0 Å². The van der Waals surface area contributed by atoms with Gasteiger partial charge in [-0.1, -0.05) is 25.1 Å². The van der Waals surface area contributed by atoms with Gasteiger partial charge in [-0.25, -0.2) is 4.79 Å². The molecule has 0 aliphatic carbocycles. The molecule has 1 N–H and O–H groups in total. The number of rotatable bonds is 3. The predicted octanol–water partition coefficient (Wildman–Crippen LogP) is 3.30. The Labute approximate surface area is 149 Å². The number of urea groups is 1. The summed E-state index contributed by atoms with van der Waals surface area (Å²) in [6.07, 6.45) is -3.87. The molecule has 0 radical (unpaired) electrons. The van der Waals surface area contributed by atoms with Crippen molar-refractivity contribution >= 4 is 11.9 Å². The lowest BCUT2D eigenvalue weighted by Gasteiger charge is -2.32. The molecule has 5 nitrogen and oxygen atoms in total. The van der Waals surface area contributed by atoms with Crippen molar-refractivity contribution in [2.24, 2.45) is 0 Å². The highest BCUT2D eigenvalue weighted by atomic mass is 19.4. The van der Waals surface area contributed by atoms with Crippen LogP contribution in [0.15, 0.2) is 35.5 Å². The molecule has 0 aromatic heterocycles. The van der Waals surface area contributed by atoms with Crippen LogP contribution in [0.1, 0.15) is 37.4 Å². The van der Waals surface area contributed by atoms with Crippen molar-refractivity contribution in [2.75, 3.05) is 13.6 Å². The standard InChI is InChI=1S/C18H20F3N3O2/c1-4-10(2)24-9-13-14(16(24)25)15(22-17(26)23(13)3)11-7-5-6-8-12(11)18(19,20)21/h5-8,10,15H,4,9H2,1-3H3,(H,22,26). The van der Waals surface area contributed by atoms with E-state index in [0.717, 1.165) is 6.07 Å². The Hall–Kier alpha value is -2.51. The molecular weight excluding hydrogens is 347 g/mol. The van der Waals surface area contributed by atoms with Crippen LogP contribution < -0.4 is 5.32 Å². The molecule has 2 unspecified atom stereocenters. The van der Waals surface area contributed by atoms with Gasteiger partial charge in [0.25, 0.3) is 5.91 Å². The van der Waals surface area contributed by atoms with Crippen molar-refractivity contribution in [3.8, 4) is 0 Å². The zero-order valence-electron chi connectivity index (χ0n) is 14.7. The molecule has 3 rings (SSSR count). The Kier molecular flexibility index (Phi) is 4.46. The average Bonchev–Trinajstić information content (AvgIpc) is 2.94. The molecule has 3 amide bonds. The first-order valence-corrected chi connectivity index (χ1v) is 8.41. The first kappa shape index (κ1) is 18.3. The molecular formula is C18H20F3N3O2. The van der Waals surface area contributed by atoms with Gasteiger partial charge in [-0.2, -0.15) is 13.2 Å². The van der Waals surface area contributed by atoms with Gasteiger partial charge in [0.05, 0.1) is 29.4 Å². The number of hydrogen-bond donors (Lipinski definition) is 1. The predicted molar refractivity (Wildman–Crippen MR) is 89.0 cm³/mol. The van der Waals surface area contributed by atoms with Crippen LogP contribution >= 0.6 is 0 Å². The van der Waals surface area contributed by atoms with Gasteiger partial charge in [-0.15, -0.1) is 0 Å². The van der Waals surface area contributed by atoms with Gasteiger partial charge in [-0.05, 0) is 25.0 Å². The maximum absolute atomic E-state index is 13.4. The van der Waals surface area contributed by atoms with Crippen LogP contribution in [0.5, 0.6) is 0 Å². The van der Waals surface area contributed by atoms with E-state index >= 15 is 0 Å². The number of nitrogens with zero attached hydrogens (tertiary/aromatic N) is 2. The molecule has 0 saturated carbocycles. The zero-order valence-corrected chi connectivity index (χ0v) is 14.7. The van der Waals surface area contributed by atoms with E-state index in [1.807, 2.05) is 13.8 Å². The molecule has 1 aromatic rings. The van der Waals surface area contributed by atoms with Crippen LogP contribution in [-0.2, 0) is 11.0 Å². The SMILES string of the molecule is CCC(C)N1CC2=C(C1=O)C(c1ccccc1C(F)(F)F)NC(=O)N2C. The lowest BCUT2D eigenvalue weighted by atomic mass is 9.91. The van der Waals surface area contributed by atoms with E-state index in [1.165, 1.54) is 30.1 Å². The molecule has 8 heteroatoms. The summed E-state index contributed by atoms with van der Waals surface area (Å²) in [5, 5.41) is 2.56. The van der Waals surface area contributed by atoms with Gasteiger partial charge in [0, 0.05) is 13.1 Å². The summed E-state index contributed by atoms with van der Waals surface area (Å²) in [5.41, 5.74) is -0.296. The normalized spacial score (nSPS) is 21.8. The number of likely N-dealkylation sites (N-methyl/N-ethyl adjacent to an activating group) is 1. The number of amides is 3. The van der Waals surface area contributed by atoms with E-state index in [4.69, 9.17) is 0 Å². The van der Waals surface area contributed by atoms with Crippen LogP contribution in [0.25, 0.3) is 0 Å². The Bertz CT molecular complexity index is 788. The third-order valence-electron chi connectivity index (χ3n) is 5.09. The minimum atomic E-state index is -4.58. The Morgan fingerprint density at radius 2 is 1.92 bits per heavy atom. The highest BCUT2D eigenvalue weighted by molar-refractivity contribution is 6.01. The van der Waals surface area contributed by atoms with E-state index in [-0.39, 0.29) is 29.6 Å². The van der Waals surface area contributed by atoms with E-state index in [2.05, 4.69) is 5.32 Å². The molecule has 0 spiro atoms. The summed E-state index contributed by atoms with van der Waals surface area (Å²) in [6.45, 7) is 4.03. The van der Waals surface area contributed by atoms with E-state index in [1.54, 1.807) is 4.90 Å². The topological polar surface area (TPSA) is 52.7 Å². The lowest BCUT2D eigenvalue weighted by Crippen LogP contribution is -2.45.